The molecule has 0 N–H and O–H groups in total. The zero-order valence-electron chi connectivity index (χ0n) is 20.1. The van der Waals surface area contributed by atoms with Gasteiger partial charge < -0.3 is 9.47 Å². The van der Waals surface area contributed by atoms with E-state index in [0.29, 0.717) is 5.92 Å². The van der Waals surface area contributed by atoms with Crippen LogP contribution < -0.4 is 14.8 Å². The second kappa shape index (κ2) is 13.4. The highest BCUT2D eigenvalue weighted by molar-refractivity contribution is 7.28. The van der Waals surface area contributed by atoms with Gasteiger partial charge in [-0.15, -0.1) is 0 Å². The van der Waals surface area contributed by atoms with Gasteiger partial charge in [0.1, 0.15) is 11.5 Å². The Morgan fingerprint density at radius 1 is 0.967 bits per heavy atom. The lowest BCUT2D eigenvalue weighted by molar-refractivity contribution is 0.136. The fraction of sp³-hybridized carbons (Fsp3) is 0.704. The van der Waals surface area contributed by atoms with Gasteiger partial charge in [-0.2, -0.15) is 0 Å². The van der Waals surface area contributed by atoms with Gasteiger partial charge in [0, 0.05) is 5.56 Å². The molecule has 0 heterocycles. The molecule has 2 fully saturated rings. The van der Waals surface area contributed by atoms with Crippen molar-refractivity contribution < 1.29 is 9.47 Å². The number of hydrogen-bond donors (Lipinski definition) is 0. The van der Waals surface area contributed by atoms with Gasteiger partial charge in [-0.25, -0.2) is 0 Å². The second-order valence-corrected chi connectivity index (χ2v) is 9.63. The molecule has 0 bridgehead atoms. The molecule has 1 atom stereocenters. The van der Waals surface area contributed by atoms with E-state index in [1.165, 1.54) is 57.8 Å². The Labute approximate surface area is 188 Å². The van der Waals surface area contributed by atoms with Crippen LogP contribution in [-0.2, 0) is 0 Å². The third-order valence-electron chi connectivity index (χ3n) is 6.57. The molecular weight excluding hydrogens is 387 g/mol. The summed E-state index contributed by atoms with van der Waals surface area (Å²) in [5.74, 6) is 4.58. The first-order valence-corrected chi connectivity index (χ1v) is 13.0. The van der Waals surface area contributed by atoms with Gasteiger partial charge in [-0.05, 0) is 76.3 Å². The number of rotatable bonds is 7. The third-order valence-corrected chi connectivity index (χ3v) is 7.12. The average Bonchev–Trinajstić information content (AvgIpc) is 2.78. The Kier molecular flexibility index (Phi) is 11.3. The maximum Gasteiger partial charge on any atom is 0.137 e. The maximum absolute atomic E-state index is 6.29. The standard InChI is InChI=1S/C25H39O2P.C2H6/c1-4-8-22-15-16-23(25(28)24(22)27-18(2)3)26-17-19-11-13-21(14-12-19)20-9-6-5-7-10-20;1-2/h4,8,15-16,18-21H,5-7,9-14,17,28H2,1-3H3;1-2H3/b8-4+;. The van der Waals surface area contributed by atoms with Crippen molar-refractivity contribution >= 4 is 20.6 Å². The molecule has 2 aliphatic rings. The van der Waals surface area contributed by atoms with Crippen LogP contribution in [-0.4, -0.2) is 12.7 Å². The van der Waals surface area contributed by atoms with Crippen molar-refractivity contribution in [2.24, 2.45) is 17.8 Å². The van der Waals surface area contributed by atoms with Crippen molar-refractivity contribution in [2.75, 3.05) is 6.61 Å². The third kappa shape index (κ3) is 7.30. The monoisotopic (exact) mass is 432 g/mol. The summed E-state index contributed by atoms with van der Waals surface area (Å²) in [5.41, 5.74) is 1.11. The molecule has 170 valence electrons. The fourth-order valence-corrected chi connectivity index (χ4v) is 5.46. The summed E-state index contributed by atoms with van der Waals surface area (Å²) in [4.78, 5) is 0. The molecule has 30 heavy (non-hydrogen) atoms. The van der Waals surface area contributed by atoms with Crippen LogP contribution in [0, 0.1) is 17.8 Å². The minimum absolute atomic E-state index is 0.147. The minimum Gasteiger partial charge on any atom is -0.493 e. The van der Waals surface area contributed by atoms with Crippen molar-refractivity contribution in [3.63, 3.8) is 0 Å². The van der Waals surface area contributed by atoms with E-state index in [1.807, 2.05) is 20.8 Å². The largest absolute Gasteiger partial charge is 0.493 e. The van der Waals surface area contributed by atoms with Crippen molar-refractivity contribution in [3.05, 3.63) is 23.8 Å². The molecular formula is C27H45O2P. The number of benzene rings is 1. The molecule has 1 aromatic rings. The van der Waals surface area contributed by atoms with Crippen molar-refractivity contribution in [2.45, 2.75) is 98.5 Å². The van der Waals surface area contributed by atoms with Crippen LogP contribution in [0.3, 0.4) is 0 Å². The molecule has 1 unspecified atom stereocenters. The molecule has 2 aliphatic carbocycles. The number of hydrogen-bond acceptors (Lipinski definition) is 2. The van der Waals surface area contributed by atoms with E-state index < -0.39 is 0 Å². The molecule has 0 spiro atoms. The lowest BCUT2D eigenvalue weighted by Gasteiger charge is -2.35. The molecule has 1 aromatic carbocycles. The molecule has 0 radical (unpaired) electrons. The molecule has 3 rings (SSSR count). The molecule has 0 aliphatic heterocycles. The van der Waals surface area contributed by atoms with Gasteiger partial charge in [-0.1, -0.05) is 67.3 Å². The highest BCUT2D eigenvalue weighted by atomic mass is 31.0. The summed E-state index contributed by atoms with van der Waals surface area (Å²) < 4.78 is 12.4. The summed E-state index contributed by atoms with van der Waals surface area (Å²) in [6.07, 6.45) is 17.2. The van der Waals surface area contributed by atoms with Crippen LogP contribution in [0.25, 0.3) is 6.08 Å². The van der Waals surface area contributed by atoms with Gasteiger partial charge in [0.15, 0.2) is 0 Å². The molecule has 3 heteroatoms. The molecule has 0 amide bonds. The Hall–Kier alpha value is -1.01. The number of allylic oxidation sites excluding steroid dienone is 1. The Bertz CT molecular complexity index is 639. The highest BCUT2D eigenvalue weighted by Crippen LogP contribution is 2.40. The first-order valence-electron chi connectivity index (χ1n) is 12.4. The summed E-state index contributed by atoms with van der Waals surface area (Å²) in [6, 6.07) is 4.21. The quantitative estimate of drug-likeness (QED) is 0.409. The predicted octanol–water partition coefficient (Wildman–Crippen LogP) is 7.80. The van der Waals surface area contributed by atoms with Crippen LogP contribution >= 0.6 is 9.24 Å². The maximum atomic E-state index is 6.29. The van der Waals surface area contributed by atoms with Crippen LogP contribution in [0.4, 0.5) is 0 Å². The Morgan fingerprint density at radius 2 is 1.60 bits per heavy atom. The van der Waals surface area contributed by atoms with E-state index in [4.69, 9.17) is 9.47 Å². The van der Waals surface area contributed by atoms with E-state index in [-0.39, 0.29) is 6.10 Å². The second-order valence-electron chi connectivity index (χ2n) is 9.05. The van der Waals surface area contributed by atoms with Crippen molar-refractivity contribution in [1.82, 2.24) is 0 Å². The highest BCUT2D eigenvalue weighted by Gasteiger charge is 2.28. The zero-order valence-corrected chi connectivity index (χ0v) is 21.2. The molecule has 2 saturated carbocycles. The lowest BCUT2D eigenvalue weighted by atomic mass is 9.71. The predicted molar refractivity (Wildman–Crippen MR) is 135 cm³/mol. The summed E-state index contributed by atoms with van der Waals surface area (Å²) in [5, 5.41) is 1.04. The zero-order chi connectivity index (χ0) is 21.9. The Balaban J connectivity index is 0.00000155. The summed E-state index contributed by atoms with van der Waals surface area (Å²) in [6.45, 7) is 11.0. The normalized spacial score (nSPS) is 22.6. The van der Waals surface area contributed by atoms with Gasteiger partial charge in [0.25, 0.3) is 0 Å². The van der Waals surface area contributed by atoms with Gasteiger partial charge in [-0.3, -0.25) is 0 Å². The van der Waals surface area contributed by atoms with E-state index in [1.54, 1.807) is 0 Å². The minimum atomic E-state index is 0.147. The van der Waals surface area contributed by atoms with E-state index in [2.05, 4.69) is 47.4 Å². The van der Waals surface area contributed by atoms with Gasteiger partial charge in [0.2, 0.25) is 0 Å². The SMILES string of the molecule is C/C=C/c1ccc(OCC2CCC(C3CCCCC3)CC2)c(P)c1OC(C)C.CC. The fourth-order valence-electron chi connectivity index (χ4n) is 5.04. The first-order chi connectivity index (χ1) is 14.6. The van der Waals surface area contributed by atoms with Crippen LogP contribution in [0.2, 0.25) is 0 Å². The van der Waals surface area contributed by atoms with Crippen LogP contribution in [0.5, 0.6) is 11.5 Å². The molecule has 2 nitrogen and oxygen atoms in total. The van der Waals surface area contributed by atoms with Crippen LogP contribution in [0.15, 0.2) is 18.2 Å². The summed E-state index contributed by atoms with van der Waals surface area (Å²) >= 11 is 0. The van der Waals surface area contributed by atoms with E-state index >= 15 is 0 Å². The molecule has 0 aromatic heterocycles. The smallest absolute Gasteiger partial charge is 0.137 e. The van der Waals surface area contributed by atoms with Gasteiger partial charge >= 0.3 is 0 Å². The lowest BCUT2D eigenvalue weighted by Crippen LogP contribution is -2.26. The van der Waals surface area contributed by atoms with E-state index in [9.17, 15) is 0 Å². The van der Waals surface area contributed by atoms with Crippen molar-refractivity contribution in [1.29, 1.82) is 0 Å². The number of ether oxygens (including phenoxy) is 2. The average molecular weight is 433 g/mol. The topological polar surface area (TPSA) is 18.5 Å². The van der Waals surface area contributed by atoms with Crippen molar-refractivity contribution in [3.8, 4) is 11.5 Å². The Morgan fingerprint density at radius 3 is 2.20 bits per heavy atom. The van der Waals surface area contributed by atoms with Gasteiger partial charge in [0.05, 0.1) is 18.0 Å². The summed E-state index contributed by atoms with van der Waals surface area (Å²) in [7, 11) is 2.84. The molecule has 0 saturated heterocycles. The van der Waals surface area contributed by atoms with Crippen LogP contribution in [0.1, 0.15) is 98.0 Å². The van der Waals surface area contributed by atoms with E-state index in [0.717, 1.165) is 40.8 Å². The first kappa shape index (κ1) is 25.3.